The van der Waals surface area contributed by atoms with Gasteiger partial charge < -0.3 is 10.0 Å². The molecule has 1 saturated heterocycles. The summed E-state index contributed by atoms with van der Waals surface area (Å²) in [6.07, 6.45) is -2.78. The zero-order valence-electron chi connectivity index (χ0n) is 12.5. The molecular weight excluding hydrogens is 323 g/mol. The van der Waals surface area contributed by atoms with Gasteiger partial charge in [-0.25, -0.2) is 0 Å². The molecule has 9 heteroatoms. The van der Waals surface area contributed by atoms with Crippen LogP contribution in [-0.2, 0) is 6.18 Å². The summed E-state index contributed by atoms with van der Waals surface area (Å²) in [5.74, 6) is 0. The molecule has 4 rings (SSSR count). The minimum Gasteiger partial charge on any atom is -0.394 e. The average molecular weight is 337 g/mol. The molecule has 3 heterocycles. The van der Waals surface area contributed by atoms with Crippen molar-refractivity contribution in [2.75, 3.05) is 18.1 Å². The summed E-state index contributed by atoms with van der Waals surface area (Å²) in [6.45, 7) is 0.696. The van der Waals surface area contributed by atoms with Gasteiger partial charge in [-0.3, -0.25) is 0 Å². The van der Waals surface area contributed by atoms with Crippen molar-refractivity contribution in [2.45, 2.75) is 25.1 Å². The lowest BCUT2D eigenvalue weighted by Gasteiger charge is -2.26. The van der Waals surface area contributed by atoms with E-state index in [1.54, 1.807) is 12.1 Å². The number of tetrazole rings is 1. The van der Waals surface area contributed by atoms with Crippen LogP contribution in [0.4, 0.5) is 18.9 Å². The van der Waals surface area contributed by atoms with Crippen molar-refractivity contribution in [1.29, 1.82) is 0 Å². The molecule has 6 nitrogen and oxygen atoms in total. The molecule has 1 N–H and O–H groups in total. The molecule has 0 spiro atoms. The van der Waals surface area contributed by atoms with E-state index in [0.29, 0.717) is 17.7 Å². The third-order valence-corrected chi connectivity index (χ3v) is 4.49. The maximum Gasteiger partial charge on any atom is 0.417 e. The van der Waals surface area contributed by atoms with Crippen molar-refractivity contribution >= 4 is 22.2 Å². The van der Waals surface area contributed by atoms with Gasteiger partial charge in [-0.15, -0.1) is 5.10 Å². The second-order valence-electron chi connectivity index (χ2n) is 5.88. The second-order valence-corrected chi connectivity index (χ2v) is 5.88. The van der Waals surface area contributed by atoms with Crippen LogP contribution in [-0.4, -0.2) is 44.3 Å². The molecule has 0 radical (unpaired) electrons. The number of halogens is 3. The molecule has 2 aromatic heterocycles. The van der Waals surface area contributed by atoms with Crippen LogP contribution in [0.15, 0.2) is 24.3 Å². The highest BCUT2D eigenvalue weighted by molar-refractivity contribution is 5.88. The first-order valence-electron chi connectivity index (χ1n) is 7.58. The van der Waals surface area contributed by atoms with E-state index in [9.17, 15) is 18.3 Å². The molecule has 1 fully saturated rings. The Hall–Kier alpha value is -2.42. The summed E-state index contributed by atoms with van der Waals surface area (Å²) >= 11 is 0. The van der Waals surface area contributed by atoms with Crippen molar-refractivity contribution < 1.29 is 18.3 Å². The number of hydrogen-bond acceptors (Lipinski definition) is 5. The summed E-state index contributed by atoms with van der Waals surface area (Å²) in [4.78, 5) is 1.95. The Balaban J connectivity index is 1.96. The Morgan fingerprint density at radius 1 is 1.25 bits per heavy atom. The molecular formula is C15H14F3N5O. The van der Waals surface area contributed by atoms with E-state index in [0.717, 1.165) is 18.9 Å². The number of aliphatic hydroxyl groups excluding tert-OH is 1. The van der Waals surface area contributed by atoms with E-state index in [-0.39, 0.29) is 23.7 Å². The van der Waals surface area contributed by atoms with Crippen LogP contribution in [0, 0.1) is 0 Å². The van der Waals surface area contributed by atoms with E-state index >= 15 is 0 Å². The Kier molecular flexibility index (Phi) is 3.34. The number of rotatable bonds is 2. The second kappa shape index (κ2) is 5.30. The monoisotopic (exact) mass is 337 g/mol. The fraction of sp³-hybridized carbons (Fsp3) is 0.400. The van der Waals surface area contributed by atoms with Crippen molar-refractivity contribution in [3.8, 4) is 0 Å². The minimum absolute atomic E-state index is 0.0177. The van der Waals surface area contributed by atoms with Gasteiger partial charge in [0, 0.05) is 17.6 Å². The first-order valence-corrected chi connectivity index (χ1v) is 7.58. The van der Waals surface area contributed by atoms with Crippen molar-refractivity contribution in [2.24, 2.45) is 0 Å². The first-order chi connectivity index (χ1) is 11.5. The summed E-state index contributed by atoms with van der Waals surface area (Å²) in [5.41, 5.74) is 0.253. The van der Waals surface area contributed by atoms with Crippen molar-refractivity contribution in [1.82, 2.24) is 20.0 Å². The molecule has 1 aliphatic heterocycles. The van der Waals surface area contributed by atoms with Gasteiger partial charge in [0.25, 0.3) is 0 Å². The summed E-state index contributed by atoms with van der Waals surface area (Å²) in [5, 5.41) is 20.3. The normalized spacial score (nSPS) is 18.8. The Morgan fingerprint density at radius 3 is 2.83 bits per heavy atom. The third kappa shape index (κ3) is 2.27. The number of pyridine rings is 1. The van der Waals surface area contributed by atoms with Crippen molar-refractivity contribution in [3.05, 3.63) is 29.8 Å². The van der Waals surface area contributed by atoms with Crippen LogP contribution in [0.1, 0.15) is 18.4 Å². The van der Waals surface area contributed by atoms with Gasteiger partial charge in [0.1, 0.15) is 0 Å². The summed E-state index contributed by atoms with van der Waals surface area (Å²) in [6, 6.07) is 5.74. The van der Waals surface area contributed by atoms with E-state index in [2.05, 4.69) is 15.5 Å². The average Bonchev–Trinajstić information content (AvgIpc) is 3.21. The van der Waals surface area contributed by atoms with Gasteiger partial charge in [-0.05, 0) is 47.5 Å². The van der Waals surface area contributed by atoms with Gasteiger partial charge in [0.05, 0.1) is 23.7 Å². The smallest absolute Gasteiger partial charge is 0.394 e. The third-order valence-electron chi connectivity index (χ3n) is 4.49. The standard InChI is InChI=1S/C15H14F3N5O/c16-15(17,18)12-7-14-19-20-21-23(14)13-4-3-9(6-11(12)13)22-5-1-2-10(22)8-24/h3-4,6-7,10,24H,1-2,5,8H2/t10-/m1/s1. The number of fused-ring (bicyclic) bond motifs is 3. The SMILES string of the molecule is OC[C@H]1CCCN1c1ccc2c(c1)c(C(F)(F)F)cc1nnnn12. The van der Waals surface area contributed by atoms with Crippen LogP contribution < -0.4 is 4.90 Å². The topological polar surface area (TPSA) is 66.5 Å². The molecule has 1 atom stereocenters. The highest BCUT2D eigenvalue weighted by Crippen LogP contribution is 2.37. The van der Waals surface area contributed by atoms with E-state index in [1.807, 2.05) is 4.90 Å². The fourth-order valence-corrected chi connectivity index (χ4v) is 3.37. The van der Waals surface area contributed by atoms with Crippen LogP contribution >= 0.6 is 0 Å². The van der Waals surface area contributed by atoms with Gasteiger partial charge in [-0.2, -0.15) is 17.7 Å². The van der Waals surface area contributed by atoms with Crippen LogP contribution in [0.3, 0.4) is 0 Å². The van der Waals surface area contributed by atoms with E-state index in [1.165, 1.54) is 10.6 Å². The lowest BCUT2D eigenvalue weighted by molar-refractivity contribution is -0.136. The number of alkyl halides is 3. The molecule has 3 aromatic rings. The minimum atomic E-state index is -4.51. The van der Waals surface area contributed by atoms with Crippen LogP contribution in [0.5, 0.6) is 0 Å². The fourth-order valence-electron chi connectivity index (χ4n) is 3.37. The Bertz CT molecular complexity index is 907. The molecule has 1 aliphatic rings. The lowest BCUT2D eigenvalue weighted by Crippen LogP contribution is -2.31. The zero-order valence-corrected chi connectivity index (χ0v) is 12.5. The highest BCUT2D eigenvalue weighted by atomic mass is 19.4. The number of hydrogen-bond donors (Lipinski definition) is 1. The Labute approximate surface area is 134 Å². The number of aromatic nitrogens is 4. The zero-order chi connectivity index (χ0) is 16.9. The number of benzene rings is 1. The van der Waals surface area contributed by atoms with E-state index < -0.39 is 11.7 Å². The van der Waals surface area contributed by atoms with Crippen molar-refractivity contribution in [3.63, 3.8) is 0 Å². The predicted molar refractivity (Wildman–Crippen MR) is 80.7 cm³/mol. The maximum absolute atomic E-state index is 13.5. The maximum atomic E-state index is 13.5. The molecule has 1 aromatic carbocycles. The number of aliphatic hydroxyl groups is 1. The van der Waals surface area contributed by atoms with Gasteiger partial charge in [0.15, 0.2) is 5.65 Å². The molecule has 0 bridgehead atoms. The Morgan fingerprint density at radius 2 is 2.08 bits per heavy atom. The number of nitrogens with zero attached hydrogens (tertiary/aromatic N) is 5. The molecule has 24 heavy (non-hydrogen) atoms. The molecule has 0 saturated carbocycles. The van der Waals surface area contributed by atoms with Gasteiger partial charge >= 0.3 is 6.18 Å². The molecule has 0 unspecified atom stereocenters. The highest BCUT2D eigenvalue weighted by Gasteiger charge is 2.34. The predicted octanol–water partition coefficient (Wildman–Crippen LogP) is 2.26. The quantitative estimate of drug-likeness (QED) is 0.777. The van der Waals surface area contributed by atoms with E-state index in [4.69, 9.17) is 0 Å². The van der Waals surface area contributed by atoms with Gasteiger partial charge in [-0.1, -0.05) is 0 Å². The summed E-state index contributed by atoms with van der Waals surface area (Å²) < 4.78 is 41.7. The lowest BCUT2D eigenvalue weighted by atomic mass is 10.1. The molecule has 0 aliphatic carbocycles. The first kappa shape index (κ1) is 15.1. The van der Waals surface area contributed by atoms with Gasteiger partial charge in [0.2, 0.25) is 0 Å². The molecule has 0 amide bonds. The largest absolute Gasteiger partial charge is 0.417 e. The van der Waals surface area contributed by atoms with Crippen LogP contribution in [0.25, 0.3) is 16.6 Å². The molecule has 126 valence electrons. The van der Waals surface area contributed by atoms with Crippen LogP contribution in [0.2, 0.25) is 0 Å². The summed E-state index contributed by atoms with van der Waals surface area (Å²) in [7, 11) is 0. The number of anilines is 1.